The van der Waals surface area contributed by atoms with Gasteiger partial charge in [0.1, 0.15) is 11.9 Å². The van der Waals surface area contributed by atoms with Crippen LogP contribution < -0.4 is 4.18 Å². The number of Topliss-reactive ketones (excluding diaryl/α,β-unsaturated/α-hetero) is 1. The van der Waals surface area contributed by atoms with Crippen molar-refractivity contribution < 1.29 is 17.4 Å². The van der Waals surface area contributed by atoms with E-state index in [-0.39, 0.29) is 5.78 Å². The molecule has 4 nitrogen and oxygen atoms in total. The molecule has 2 atom stereocenters. The maximum absolute atomic E-state index is 12.5. The van der Waals surface area contributed by atoms with E-state index in [4.69, 9.17) is 8.37 Å². The van der Waals surface area contributed by atoms with E-state index >= 15 is 0 Å². The molecule has 2 aromatic carbocycles. The molecule has 0 N–H and O–H groups in total. The zero-order chi connectivity index (χ0) is 16.6. The van der Waals surface area contributed by atoms with Gasteiger partial charge in [-0.1, -0.05) is 54.0 Å². The topological polar surface area (TPSA) is 52.6 Å². The number of hydrogen-bond donors (Lipinski definition) is 0. The lowest BCUT2D eigenvalue weighted by Gasteiger charge is -2.25. The second kappa shape index (κ2) is 6.19. The van der Waals surface area contributed by atoms with Crippen LogP contribution in [0.15, 0.2) is 53.0 Å². The molecule has 3 rings (SSSR count). The molecule has 0 amide bonds. The first-order valence-corrected chi connectivity index (χ1v) is 8.85. The van der Waals surface area contributed by atoms with Crippen LogP contribution in [0.1, 0.15) is 29.8 Å². The molecule has 0 aromatic heterocycles. The van der Waals surface area contributed by atoms with Gasteiger partial charge in [0.2, 0.25) is 0 Å². The zero-order valence-electron chi connectivity index (χ0n) is 12.6. The molecule has 2 unspecified atom stereocenters. The average Bonchev–Trinajstić information content (AvgIpc) is 2.71. The van der Waals surface area contributed by atoms with Crippen LogP contribution in [-0.4, -0.2) is 16.1 Å². The summed E-state index contributed by atoms with van der Waals surface area (Å²) in [7, 11) is 0. The molecule has 0 fully saturated rings. The molecule has 0 saturated heterocycles. The summed E-state index contributed by atoms with van der Waals surface area (Å²) in [6.45, 7) is 3.80. The number of fused-ring (bicyclic) bond motifs is 1. The predicted octanol–water partition coefficient (Wildman–Crippen LogP) is 3.97. The molecule has 0 radical (unpaired) electrons. The fraction of sp³-hybridized carbons (Fsp3) is 0.235. The van der Waals surface area contributed by atoms with Crippen molar-refractivity contribution in [2.24, 2.45) is 0 Å². The largest absolute Gasteiger partial charge is 0.380 e. The van der Waals surface area contributed by atoms with E-state index < -0.39 is 22.9 Å². The van der Waals surface area contributed by atoms with Gasteiger partial charge in [-0.3, -0.25) is 4.79 Å². The van der Waals surface area contributed by atoms with Crippen LogP contribution in [-0.2, 0) is 21.0 Å². The van der Waals surface area contributed by atoms with Crippen molar-refractivity contribution in [2.75, 3.05) is 0 Å². The summed E-state index contributed by atoms with van der Waals surface area (Å²) in [6, 6.07) is 14.2. The number of benzene rings is 2. The first-order valence-electron chi connectivity index (χ1n) is 7.06. The third kappa shape index (κ3) is 3.11. The van der Waals surface area contributed by atoms with E-state index in [1.165, 1.54) is 0 Å². The third-order valence-corrected chi connectivity index (χ3v) is 5.14. The number of rotatable bonds is 4. The second-order valence-electron chi connectivity index (χ2n) is 5.85. The van der Waals surface area contributed by atoms with Crippen LogP contribution in [0.25, 0.3) is 0 Å². The van der Waals surface area contributed by atoms with Gasteiger partial charge in [-0.05, 0) is 29.8 Å². The fourth-order valence-electron chi connectivity index (χ4n) is 2.70. The SMILES string of the molecule is CC1(C)c2ccccc2C(=O)C1OS(=O)Oc1ccc(Br)cc1. The summed E-state index contributed by atoms with van der Waals surface area (Å²) >= 11 is 1.26. The van der Waals surface area contributed by atoms with Crippen molar-refractivity contribution in [3.05, 3.63) is 64.1 Å². The van der Waals surface area contributed by atoms with Crippen LogP contribution >= 0.6 is 15.9 Å². The van der Waals surface area contributed by atoms with Gasteiger partial charge >= 0.3 is 11.4 Å². The fourth-order valence-corrected chi connectivity index (χ4v) is 3.76. The minimum absolute atomic E-state index is 0.168. The molecule has 0 saturated carbocycles. The first kappa shape index (κ1) is 16.4. The molecule has 2 aromatic rings. The lowest BCUT2D eigenvalue weighted by molar-refractivity contribution is 0.0725. The average molecular weight is 395 g/mol. The van der Waals surface area contributed by atoms with Crippen molar-refractivity contribution in [2.45, 2.75) is 25.4 Å². The van der Waals surface area contributed by atoms with Crippen molar-refractivity contribution >= 4 is 33.1 Å². The lowest BCUT2D eigenvalue weighted by Crippen LogP contribution is -2.36. The van der Waals surface area contributed by atoms with Crippen LogP contribution in [0.4, 0.5) is 0 Å². The molecular formula is C17H15BrO4S. The van der Waals surface area contributed by atoms with Crippen LogP contribution in [0.3, 0.4) is 0 Å². The van der Waals surface area contributed by atoms with Gasteiger partial charge in [0, 0.05) is 15.5 Å². The molecule has 0 aliphatic heterocycles. The minimum atomic E-state index is -2.06. The van der Waals surface area contributed by atoms with E-state index in [9.17, 15) is 9.00 Å². The maximum Gasteiger partial charge on any atom is 0.360 e. The van der Waals surface area contributed by atoms with Gasteiger partial charge < -0.3 is 4.18 Å². The summed E-state index contributed by atoms with van der Waals surface area (Å²) < 4.78 is 23.7. The molecule has 6 heteroatoms. The Kier molecular flexibility index (Phi) is 4.40. The Bertz CT molecular complexity index is 770. The predicted molar refractivity (Wildman–Crippen MR) is 91.6 cm³/mol. The smallest absolute Gasteiger partial charge is 0.360 e. The highest BCUT2D eigenvalue weighted by Crippen LogP contribution is 2.40. The van der Waals surface area contributed by atoms with Gasteiger partial charge in [0.25, 0.3) is 0 Å². The third-order valence-electron chi connectivity index (χ3n) is 3.93. The quantitative estimate of drug-likeness (QED) is 0.786. The number of ketones is 1. The normalized spacial score (nSPS) is 20.1. The van der Waals surface area contributed by atoms with Gasteiger partial charge in [-0.2, -0.15) is 4.21 Å². The maximum atomic E-state index is 12.5. The Hall–Kier alpha value is -1.50. The van der Waals surface area contributed by atoms with Crippen molar-refractivity contribution in [3.63, 3.8) is 0 Å². The minimum Gasteiger partial charge on any atom is -0.380 e. The summed E-state index contributed by atoms with van der Waals surface area (Å²) in [5, 5.41) is 0. The Morgan fingerprint density at radius 3 is 2.39 bits per heavy atom. The van der Waals surface area contributed by atoms with E-state index in [1.54, 1.807) is 30.3 Å². The molecule has 1 aliphatic rings. The lowest BCUT2D eigenvalue weighted by atomic mass is 9.85. The van der Waals surface area contributed by atoms with Crippen molar-refractivity contribution in [1.29, 1.82) is 0 Å². The van der Waals surface area contributed by atoms with Crippen LogP contribution in [0.2, 0.25) is 0 Å². The second-order valence-corrected chi connectivity index (χ2v) is 7.53. The van der Waals surface area contributed by atoms with Crippen LogP contribution in [0, 0.1) is 0 Å². The monoisotopic (exact) mass is 394 g/mol. The number of carbonyl (C=O) groups excluding carboxylic acids is 1. The Labute approximate surface area is 145 Å². The van der Waals surface area contributed by atoms with E-state index in [0.717, 1.165) is 10.0 Å². The van der Waals surface area contributed by atoms with Crippen molar-refractivity contribution in [3.8, 4) is 5.75 Å². The van der Waals surface area contributed by atoms with Crippen molar-refractivity contribution in [1.82, 2.24) is 0 Å². The molecule has 0 bridgehead atoms. The highest BCUT2D eigenvalue weighted by Gasteiger charge is 2.48. The Morgan fingerprint density at radius 1 is 1.09 bits per heavy atom. The van der Waals surface area contributed by atoms with Gasteiger partial charge in [-0.25, -0.2) is 4.18 Å². The number of carbonyl (C=O) groups is 1. The number of halogens is 1. The molecule has 0 spiro atoms. The summed E-state index contributed by atoms with van der Waals surface area (Å²) in [5.41, 5.74) is 0.950. The molecule has 120 valence electrons. The first-order chi connectivity index (χ1) is 10.9. The molecule has 1 aliphatic carbocycles. The summed E-state index contributed by atoms with van der Waals surface area (Å²) in [4.78, 5) is 12.5. The Morgan fingerprint density at radius 2 is 1.74 bits per heavy atom. The zero-order valence-corrected chi connectivity index (χ0v) is 15.0. The highest BCUT2D eigenvalue weighted by molar-refractivity contribution is 9.10. The number of hydrogen-bond acceptors (Lipinski definition) is 4. The summed E-state index contributed by atoms with van der Waals surface area (Å²) in [6.07, 6.45) is -0.837. The van der Waals surface area contributed by atoms with Crippen LogP contribution in [0.5, 0.6) is 5.75 Å². The van der Waals surface area contributed by atoms with E-state index in [2.05, 4.69) is 15.9 Å². The molecular weight excluding hydrogens is 380 g/mol. The van der Waals surface area contributed by atoms with Gasteiger partial charge in [0.15, 0.2) is 5.78 Å². The summed E-state index contributed by atoms with van der Waals surface area (Å²) in [5.74, 6) is 0.241. The van der Waals surface area contributed by atoms with Gasteiger partial charge in [-0.15, -0.1) is 0 Å². The molecule has 0 heterocycles. The standard InChI is InChI=1S/C17H15BrO4S/c1-17(2)14-6-4-3-5-13(14)15(19)16(17)22-23(20)21-12-9-7-11(18)8-10-12/h3-10,16H,1-2H3. The van der Waals surface area contributed by atoms with E-state index in [1.807, 2.05) is 32.0 Å². The molecule has 23 heavy (non-hydrogen) atoms. The van der Waals surface area contributed by atoms with Gasteiger partial charge in [0.05, 0.1) is 0 Å². The highest BCUT2D eigenvalue weighted by atomic mass is 79.9. The van der Waals surface area contributed by atoms with E-state index in [0.29, 0.717) is 11.3 Å². The Balaban J connectivity index is 1.77.